The fourth-order valence-corrected chi connectivity index (χ4v) is 3.73. The van der Waals surface area contributed by atoms with Gasteiger partial charge in [-0.15, -0.1) is 0 Å². The van der Waals surface area contributed by atoms with Gasteiger partial charge in [-0.3, -0.25) is 0 Å². The van der Waals surface area contributed by atoms with Crippen LogP contribution in [-0.2, 0) is 0 Å². The Morgan fingerprint density at radius 2 is 1.14 bits per heavy atom. The van der Waals surface area contributed by atoms with Gasteiger partial charge in [0.05, 0.1) is 0 Å². The molecule has 0 aromatic carbocycles. The molecule has 0 radical (unpaired) electrons. The Hall–Kier alpha value is -0.0400. The number of hydrogen-bond acceptors (Lipinski definition) is 1. The van der Waals surface area contributed by atoms with Crippen LogP contribution in [0.3, 0.4) is 0 Å². The summed E-state index contributed by atoms with van der Waals surface area (Å²) in [4.78, 5) is 0. The van der Waals surface area contributed by atoms with Gasteiger partial charge in [0.15, 0.2) is 0 Å². The molecule has 1 fully saturated rings. The Morgan fingerprint density at radius 1 is 0.682 bits per heavy atom. The fraction of sp³-hybridized carbons (Fsp3) is 1.00. The normalized spacial score (nSPS) is 25.0. The van der Waals surface area contributed by atoms with Gasteiger partial charge >= 0.3 is 0 Å². The van der Waals surface area contributed by atoms with Gasteiger partial charge < -0.3 is 5.32 Å². The van der Waals surface area contributed by atoms with E-state index in [0.29, 0.717) is 0 Å². The molecule has 1 N–H and O–H groups in total. The zero-order chi connectivity index (χ0) is 15.9. The van der Waals surface area contributed by atoms with Gasteiger partial charge in [0.25, 0.3) is 0 Å². The molecule has 0 spiro atoms. The van der Waals surface area contributed by atoms with Crippen molar-refractivity contribution < 1.29 is 0 Å². The van der Waals surface area contributed by atoms with Gasteiger partial charge in [-0.2, -0.15) is 0 Å². The van der Waals surface area contributed by atoms with E-state index in [1.807, 2.05) is 0 Å². The summed E-state index contributed by atoms with van der Waals surface area (Å²) in [5.41, 5.74) is 0. The van der Waals surface area contributed by atoms with E-state index in [0.717, 1.165) is 11.8 Å². The van der Waals surface area contributed by atoms with E-state index in [2.05, 4.69) is 19.2 Å². The monoisotopic (exact) mass is 309 g/mol. The van der Waals surface area contributed by atoms with Crippen molar-refractivity contribution in [3.05, 3.63) is 0 Å². The van der Waals surface area contributed by atoms with Crippen LogP contribution in [0.2, 0.25) is 0 Å². The predicted molar refractivity (Wildman–Crippen MR) is 100 cm³/mol. The van der Waals surface area contributed by atoms with Crippen LogP contribution in [0.5, 0.6) is 0 Å². The SMILES string of the molecule is CC(C)CC[C@H]1CCCCCCCCNCCCCCCC1. The van der Waals surface area contributed by atoms with E-state index in [1.165, 1.54) is 109 Å². The molecule has 1 aliphatic rings. The summed E-state index contributed by atoms with van der Waals surface area (Å²) < 4.78 is 0. The van der Waals surface area contributed by atoms with E-state index in [9.17, 15) is 0 Å². The average molecular weight is 310 g/mol. The van der Waals surface area contributed by atoms with E-state index in [1.54, 1.807) is 0 Å². The molecule has 1 rings (SSSR count). The van der Waals surface area contributed by atoms with Gasteiger partial charge in [0.1, 0.15) is 0 Å². The maximum Gasteiger partial charge on any atom is -0.00489 e. The minimum Gasteiger partial charge on any atom is -0.317 e. The minimum atomic E-state index is 0.886. The van der Waals surface area contributed by atoms with E-state index in [4.69, 9.17) is 0 Å². The Kier molecular flexibility index (Phi) is 13.2. The molecule has 1 nitrogen and oxygen atoms in total. The summed E-state index contributed by atoms with van der Waals surface area (Å²) >= 11 is 0. The largest absolute Gasteiger partial charge is 0.317 e. The number of rotatable bonds is 3. The van der Waals surface area contributed by atoms with Crippen LogP contribution in [0.25, 0.3) is 0 Å². The fourth-order valence-electron chi connectivity index (χ4n) is 3.73. The first-order chi connectivity index (χ1) is 10.8. The molecule has 0 aliphatic carbocycles. The zero-order valence-corrected chi connectivity index (χ0v) is 15.7. The molecule has 1 aliphatic heterocycles. The average Bonchev–Trinajstić information content (AvgIpc) is 2.50. The van der Waals surface area contributed by atoms with Crippen molar-refractivity contribution in [2.75, 3.05) is 13.1 Å². The van der Waals surface area contributed by atoms with E-state index >= 15 is 0 Å². The second kappa shape index (κ2) is 14.5. The van der Waals surface area contributed by atoms with Crippen molar-refractivity contribution in [2.24, 2.45) is 11.8 Å². The van der Waals surface area contributed by atoms with Crippen LogP contribution in [0.15, 0.2) is 0 Å². The number of hydrogen-bond donors (Lipinski definition) is 1. The summed E-state index contributed by atoms with van der Waals surface area (Å²) in [5.74, 6) is 1.91. The Labute approximate surface area is 141 Å². The molecular weight excluding hydrogens is 266 g/mol. The summed E-state index contributed by atoms with van der Waals surface area (Å²) in [7, 11) is 0. The van der Waals surface area contributed by atoms with Crippen LogP contribution in [-0.4, -0.2) is 13.1 Å². The topological polar surface area (TPSA) is 12.0 Å². The Morgan fingerprint density at radius 3 is 1.64 bits per heavy atom. The minimum absolute atomic E-state index is 0.886. The maximum absolute atomic E-state index is 3.61. The van der Waals surface area contributed by atoms with Crippen molar-refractivity contribution >= 4 is 0 Å². The molecule has 22 heavy (non-hydrogen) atoms. The molecule has 0 amide bonds. The van der Waals surface area contributed by atoms with Crippen LogP contribution >= 0.6 is 0 Å². The van der Waals surface area contributed by atoms with Crippen molar-refractivity contribution in [3.63, 3.8) is 0 Å². The van der Waals surface area contributed by atoms with E-state index < -0.39 is 0 Å². The Bertz CT molecular complexity index is 206. The highest BCUT2D eigenvalue weighted by atomic mass is 14.8. The highest BCUT2D eigenvalue weighted by molar-refractivity contribution is 4.63. The quantitative estimate of drug-likeness (QED) is 0.610. The van der Waals surface area contributed by atoms with Crippen LogP contribution in [0.1, 0.15) is 110 Å². The third kappa shape index (κ3) is 12.5. The molecular formula is C21H43N. The first-order valence-electron chi connectivity index (χ1n) is 10.5. The lowest BCUT2D eigenvalue weighted by Crippen LogP contribution is -2.16. The summed E-state index contributed by atoms with van der Waals surface area (Å²) in [6.45, 7) is 7.26. The lowest BCUT2D eigenvalue weighted by atomic mass is 9.88. The molecule has 132 valence electrons. The standard InChI is InChI=1S/C21H43N/c1-20(2)16-17-21-14-10-6-3-4-8-12-18-22-19-13-9-5-7-11-15-21/h20-22H,3-19H2,1-2H3/t21-/m0/s1. The molecule has 0 aromatic rings. The summed E-state index contributed by atoms with van der Waals surface area (Å²) in [6.07, 6.45) is 21.9. The molecule has 0 saturated carbocycles. The maximum atomic E-state index is 3.61. The van der Waals surface area contributed by atoms with Gasteiger partial charge in [0, 0.05) is 0 Å². The van der Waals surface area contributed by atoms with Crippen LogP contribution < -0.4 is 5.32 Å². The molecule has 1 atom stereocenters. The van der Waals surface area contributed by atoms with Gasteiger partial charge in [-0.05, 0) is 37.8 Å². The van der Waals surface area contributed by atoms with Crippen molar-refractivity contribution in [1.29, 1.82) is 0 Å². The molecule has 1 saturated heterocycles. The summed E-state index contributed by atoms with van der Waals surface area (Å²) in [6, 6.07) is 0. The van der Waals surface area contributed by atoms with Crippen molar-refractivity contribution in [2.45, 2.75) is 110 Å². The highest BCUT2D eigenvalue weighted by Crippen LogP contribution is 2.25. The zero-order valence-electron chi connectivity index (χ0n) is 15.7. The van der Waals surface area contributed by atoms with Gasteiger partial charge in [-0.1, -0.05) is 97.3 Å². The van der Waals surface area contributed by atoms with Crippen LogP contribution in [0.4, 0.5) is 0 Å². The van der Waals surface area contributed by atoms with Crippen LogP contribution in [0, 0.1) is 11.8 Å². The Balaban J connectivity index is 2.24. The highest BCUT2D eigenvalue weighted by Gasteiger charge is 2.09. The molecule has 1 heterocycles. The second-order valence-electron chi connectivity index (χ2n) is 8.05. The molecule has 0 bridgehead atoms. The molecule has 0 unspecified atom stereocenters. The predicted octanol–water partition coefficient (Wildman–Crippen LogP) is 6.71. The lowest BCUT2D eigenvalue weighted by Gasteiger charge is -2.18. The molecule has 0 aromatic heterocycles. The number of nitrogens with one attached hydrogen (secondary N) is 1. The van der Waals surface area contributed by atoms with Gasteiger partial charge in [0.2, 0.25) is 0 Å². The first-order valence-corrected chi connectivity index (χ1v) is 10.5. The summed E-state index contributed by atoms with van der Waals surface area (Å²) in [5, 5.41) is 3.61. The first kappa shape index (κ1) is 20.0. The van der Waals surface area contributed by atoms with Gasteiger partial charge in [-0.25, -0.2) is 0 Å². The molecule has 1 heteroatoms. The second-order valence-corrected chi connectivity index (χ2v) is 8.05. The van der Waals surface area contributed by atoms with Crippen molar-refractivity contribution in [3.8, 4) is 0 Å². The third-order valence-electron chi connectivity index (χ3n) is 5.33. The van der Waals surface area contributed by atoms with Crippen molar-refractivity contribution in [1.82, 2.24) is 5.32 Å². The lowest BCUT2D eigenvalue weighted by molar-refractivity contribution is 0.352. The smallest absolute Gasteiger partial charge is 0.00489 e. The third-order valence-corrected chi connectivity index (χ3v) is 5.33. The van der Waals surface area contributed by atoms with E-state index in [-0.39, 0.29) is 0 Å².